The van der Waals surface area contributed by atoms with Gasteiger partial charge in [0, 0.05) is 22.1 Å². The summed E-state index contributed by atoms with van der Waals surface area (Å²) in [4.78, 5) is 42.2. The average molecular weight is 626 g/mol. The van der Waals surface area contributed by atoms with Crippen LogP contribution in [-0.4, -0.2) is 36.3 Å². The first kappa shape index (κ1) is 29.4. The van der Waals surface area contributed by atoms with Crippen LogP contribution in [0.1, 0.15) is 33.0 Å². The molecular formula is C38H31N3O4S. The molecule has 1 atom stereocenters. The summed E-state index contributed by atoms with van der Waals surface area (Å²) >= 11 is 1.44. The average Bonchev–Trinajstić information content (AvgIpc) is 3.35. The minimum Gasteiger partial charge on any atom is -0.449 e. The van der Waals surface area contributed by atoms with E-state index in [0.717, 1.165) is 43.8 Å². The highest BCUT2D eigenvalue weighted by molar-refractivity contribution is 7.99. The van der Waals surface area contributed by atoms with E-state index in [4.69, 9.17) is 10.5 Å². The van der Waals surface area contributed by atoms with Gasteiger partial charge in [0.15, 0.2) is 0 Å². The molecule has 1 aliphatic carbocycles. The number of nitrogens with zero attached hydrogens (tertiary/aromatic N) is 1. The molecule has 228 valence electrons. The lowest BCUT2D eigenvalue weighted by Gasteiger charge is -2.27. The molecule has 0 bridgehead atoms. The van der Waals surface area contributed by atoms with E-state index in [2.05, 4.69) is 29.6 Å². The van der Waals surface area contributed by atoms with Crippen molar-refractivity contribution >= 4 is 35.4 Å². The maximum Gasteiger partial charge on any atom is 0.407 e. The fourth-order valence-electron chi connectivity index (χ4n) is 6.33. The van der Waals surface area contributed by atoms with Crippen LogP contribution in [0.4, 0.5) is 10.5 Å². The Hall–Kier alpha value is -5.34. The van der Waals surface area contributed by atoms with Crippen LogP contribution < -0.4 is 16.0 Å². The molecular weight excluding hydrogens is 595 g/mol. The Kier molecular flexibility index (Phi) is 8.03. The second-order valence-corrected chi connectivity index (χ2v) is 12.4. The fourth-order valence-corrected chi connectivity index (χ4v) is 7.38. The van der Waals surface area contributed by atoms with Crippen LogP contribution in [0.25, 0.3) is 22.3 Å². The number of thioether (sulfide) groups is 1. The molecule has 0 fully saturated rings. The number of nitrogens with two attached hydrogens (primary N) is 1. The minimum absolute atomic E-state index is 0.0974. The molecule has 0 saturated heterocycles. The first-order valence-electron chi connectivity index (χ1n) is 15.1. The maximum atomic E-state index is 14.3. The number of rotatable bonds is 7. The molecule has 0 aromatic heterocycles. The van der Waals surface area contributed by atoms with Crippen LogP contribution in [0.5, 0.6) is 0 Å². The molecule has 0 unspecified atom stereocenters. The molecule has 7 rings (SSSR count). The van der Waals surface area contributed by atoms with Crippen molar-refractivity contribution in [3.8, 4) is 22.3 Å². The summed E-state index contributed by atoms with van der Waals surface area (Å²) in [5.74, 6) is -0.686. The standard InChI is InChI=1S/C38H31N3O4S/c39-36(42)25-18-19-35-34(20-25)41(21-26-12-4-5-13-27(26)24-10-2-1-3-11-24)37(43)33(23-46-35)40-38(44)45-22-32-30-16-8-6-14-28(30)29-15-7-9-17-31(29)32/h1-20,32-33H,21-23H2,(H2,39,42)(H,40,44)/t33-/m0/s1. The van der Waals surface area contributed by atoms with Crippen molar-refractivity contribution in [2.24, 2.45) is 5.73 Å². The number of carbonyl (C=O) groups excluding carboxylic acids is 3. The minimum atomic E-state index is -0.867. The van der Waals surface area contributed by atoms with Crippen molar-refractivity contribution in [3.63, 3.8) is 0 Å². The van der Waals surface area contributed by atoms with E-state index in [1.54, 1.807) is 23.1 Å². The highest BCUT2D eigenvalue weighted by atomic mass is 32.2. The van der Waals surface area contributed by atoms with Crippen LogP contribution in [0.15, 0.2) is 126 Å². The van der Waals surface area contributed by atoms with E-state index >= 15 is 0 Å². The number of alkyl carbamates (subject to hydrolysis) is 1. The number of fused-ring (bicyclic) bond motifs is 4. The molecule has 1 heterocycles. The zero-order valence-electron chi connectivity index (χ0n) is 24.9. The van der Waals surface area contributed by atoms with Gasteiger partial charge in [-0.3, -0.25) is 9.59 Å². The summed E-state index contributed by atoms with van der Waals surface area (Å²) in [6, 6.07) is 38.4. The van der Waals surface area contributed by atoms with E-state index in [1.807, 2.05) is 78.9 Å². The third kappa shape index (κ3) is 5.63. The van der Waals surface area contributed by atoms with Crippen molar-refractivity contribution in [3.05, 3.63) is 144 Å². The van der Waals surface area contributed by atoms with Gasteiger partial charge in [0.25, 0.3) is 5.91 Å². The summed E-state index contributed by atoms with van der Waals surface area (Å²) in [5, 5.41) is 2.85. The maximum absolute atomic E-state index is 14.3. The second kappa shape index (κ2) is 12.6. The molecule has 5 aromatic carbocycles. The smallest absolute Gasteiger partial charge is 0.407 e. The van der Waals surface area contributed by atoms with Crippen molar-refractivity contribution in [2.45, 2.75) is 23.4 Å². The first-order chi connectivity index (χ1) is 22.5. The summed E-state index contributed by atoms with van der Waals surface area (Å²) < 4.78 is 5.80. The van der Waals surface area contributed by atoms with E-state index in [-0.39, 0.29) is 25.0 Å². The number of nitrogens with one attached hydrogen (secondary N) is 1. The van der Waals surface area contributed by atoms with Crippen LogP contribution in [0.2, 0.25) is 0 Å². The predicted octanol–water partition coefficient (Wildman–Crippen LogP) is 7.00. The molecule has 3 N–H and O–H groups in total. The Morgan fingerprint density at radius 1 is 0.804 bits per heavy atom. The summed E-state index contributed by atoms with van der Waals surface area (Å²) in [7, 11) is 0. The summed E-state index contributed by atoms with van der Waals surface area (Å²) in [6.45, 7) is 0.368. The lowest BCUT2D eigenvalue weighted by atomic mass is 9.98. The molecule has 7 nitrogen and oxygen atoms in total. The van der Waals surface area contributed by atoms with Gasteiger partial charge in [0.1, 0.15) is 12.6 Å². The normalized spacial score (nSPS) is 15.3. The Labute approximate surface area is 271 Å². The van der Waals surface area contributed by atoms with E-state index < -0.39 is 18.0 Å². The third-order valence-corrected chi connectivity index (χ3v) is 9.73. The van der Waals surface area contributed by atoms with Gasteiger partial charge < -0.3 is 20.7 Å². The Morgan fingerprint density at radius 3 is 2.13 bits per heavy atom. The van der Waals surface area contributed by atoms with Gasteiger partial charge in [-0.15, -0.1) is 11.8 Å². The Bertz CT molecular complexity index is 1920. The van der Waals surface area contributed by atoms with Gasteiger partial charge in [-0.05, 0) is 57.1 Å². The number of primary amides is 1. The van der Waals surface area contributed by atoms with Crippen LogP contribution in [0.3, 0.4) is 0 Å². The zero-order chi connectivity index (χ0) is 31.6. The molecule has 5 aromatic rings. The monoisotopic (exact) mass is 625 g/mol. The van der Waals surface area contributed by atoms with Gasteiger partial charge in [-0.25, -0.2) is 4.79 Å². The summed E-state index contributed by atoms with van der Waals surface area (Å²) in [6.07, 6.45) is -0.658. The predicted molar refractivity (Wildman–Crippen MR) is 181 cm³/mol. The number of hydrogen-bond acceptors (Lipinski definition) is 5. The molecule has 46 heavy (non-hydrogen) atoms. The van der Waals surface area contributed by atoms with Crippen molar-refractivity contribution in [1.29, 1.82) is 0 Å². The van der Waals surface area contributed by atoms with Crippen molar-refractivity contribution in [2.75, 3.05) is 17.3 Å². The van der Waals surface area contributed by atoms with Gasteiger partial charge in [-0.1, -0.05) is 103 Å². The number of amides is 3. The van der Waals surface area contributed by atoms with Crippen LogP contribution in [0, 0.1) is 0 Å². The highest BCUT2D eigenvalue weighted by Gasteiger charge is 2.34. The van der Waals surface area contributed by atoms with Crippen LogP contribution in [-0.2, 0) is 16.1 Å². The van der Waals surface area contributed by atoms with Gasteiger partial charge in [0.05, 0.1) is 12.2 Å². The van der Waals surface area contributed by atoms with Gasteiger partial charge >= 0.3 is 6.09 Å². The van der Waals surface area contributed by atoms with Crippen molar-refractivity contribution in [1.82, 2.24) is 5.32 Å². The van der Waals surface area contributed by atoms with Crippen molar-refractivity contribution < 1.29 is 19.1 Å². The Morgan fingerprint density at radius 2 is 1.43 bits per heavy atom. The van der Waals surface area contributed by atoms with Crippen LogP contribution >= 0.6 is 11.8 Å². The number of ether oxygens (including phenoxy) is 1. The zero-order valence-corrected chi connectivity index (χ0v) is 25.7. The highest BCUT2D eigenvalue weighted by Crippen LogP contribution is 2.44. The van der Waals surface area contributed by atoms with Gasteiger partial charge in [0.2, 0.25) is 5.91 Å². The lowest BCUT2D eigenvalue weighted by molar-refractivity contribution is -0.120. The molecule has 2 aliphatic rings. The topological polar surface area (TPSA) is 102 Å². The Balaban J connectivity index is 1.15. The largest absolute Gasteiger partial charge is 0.449 e. The molecule has 8 heteroatoms. The molecule has 0 saturated carbocycles. The number of hydrogen-bond donors (Lipinski definition) is 2. The quantitative estimate of drug-likeness (QED) is 0.203. The molecule has 0 radical (unpaired) electrons. The molecule has 3 amide bonds. The van der Waals surface area contributed by atoms with E-state index in [9.17, 15) is 14.4 Å². The first-order valence-corrected chi connectivity index (χ1v) is 16.1. The third-order valence-electron chi connectivity index (χ3n) is 8.57. The van der Waals surface area contributed by atoms with Gasteiger partial charge in [-0.2, -0.15) is 0 Å². The molecule has 0 spiro atoms. The van der Waals surface area contributed by atoms with E-state index in [1.165, 1.54) is 11.8 Å². The molecule has 1 aliphatic heterocycles. The number of anilines is 1. The second-order valence-electron chi connectivity index (χ2n) is 11.3. The fraction of sp³-hybridized carbons (Fsp3) is 0.132. The van der Waals surface area contributed by atoms with E-state index in [0.29, 0.717) is 17.0 Å². The number of benzene rings is 5. The lowest BCUT2D eigenvalue weighted by Crippen LogP contribution is -2.49. The number of carbonyl (C=O) groups is 3. The summed E-state index contributed by atoms with van der Waals surface area (Å²) in [5.41, 5.74) is 13.9. The SMILES string of the molecule is NC(=O)c1ccc2c(c1)N(Cc1ccccc1-c1ccccc1)C(=O)[C@@H](NC(=O)OCC1c3ccccc3-c3ccccc31)CS2.